The molecule has 0 radical (unpaired) electrons. The fourth-order valence-electron chi connectivity index (χ4n) is 2.34. The van der Waals surface area contributed by atoms with Crippen LogP contribution in [0.5, 0.6) is 0 Å². The summed E-state index contributed by atoms with van der Waals surface area (Å²) >= 11 is 0. The van der Waals surface area contributed by atoms with Crippen LogP contribution in [0.2, 0.25) is 0 Å². The number of hydrogen-bond acceptors (Lipinski definition) is 3. The van der Waals surface area contributed by atoms with Gasteiger partial charge in [0, 0.05) is 0 Å². The van der Waals surface area contributed by atoms with E-state index in [9.17, 15) is 0 Å². The average Bonchev–Trinajstić information content (AvgIpc) is 2.83. The summed E-state index contributed by atoms with van der Waals surface area (Å²) in [6.45, 7) is 0. The first-order valence-corrected chi connectivity index (χ1v) is 6.04. The number of rotatable bonds is 2. The van der Waals surface area contributed by atoms with Gasteiger partial charge in [0.15, 0.2) is 5.96 Å². The molecule has 0 aromatic heterocycles. The molecule has 3 N–H and O–H groups in total. The van der Waals surface area contributed by atoms with E-state index in [2.05, 4.69) is 34.6 Å². The van der Waals surface area contributed by atoms with Gasteiger partial charge in [-0.25, -0.2) is 4.99 Å². The lowest BCUT2D eigenvalue weighted by Gasteiger charge is -2.19. The lowest BCUT2D eigenvalue weighted by molar-refractivity contribution is 0.572. The van der Waals surface area contributed by atoms with E-state index >= 15 is 0 Å². The number of nitrogens with two attached hydrogens (primary N) is 1. The first kappa shape index (κ1) is 10.8. The second kappa shape index (κ2) is 4.53. The number of benzene rings is 2. The smallest absolute Gasteiger partial charge is 0.189 e. The summed E-state index contributed by atoms with van der Waals surface area (Å²) in [6.07, 6.45) is 0. The summed E-state index contributed by atoms with van der Waals surface area (Å²) < 4.78 is 0. The molecular formula is C15H15N3. The molecule has 0 amide bonds. The third kappa shape index (κ3) is 1.95. The third-order valence-electron chi connectivity index (χ3n) is 3.20. The average molecular weight is 237 g/mol. The molecule has 2 aromatic rings. The summed E-state index contributed by atoms with van der Waals surface area (Å²) in [4.78, 5) is 4.50. The fraction of sp³-hybridized carbons (Fsp3) is 0.133. The van der Waals surface area contributed by atoms with Gasteiger partial charge in [0.25, 0.3) is 0 Å². The van der Waals surface area contributed by atoms with Crippen molar-refractivity contribution >= 4 is 5.96 Å². The highest BCUT2D eigenvalue weighted by molar-refractivity contribution is 5.81. The van der Waals surface area contributed by atoms with Gasteiger partial charge in [0.05, 0.1) is 6.04 Å². The van der Waals surface area contributed by atoms with Crippen molar-refractivity contribution in [3.63, 3.8) is 0 Å². The van der Waals surface area contributed by atoms with Crippen molar-refractivity contribution in [2.75, 3.05) is 0 Å². The van der Waals surface area contributed by atoms with Crippen molar-refractivity contribution in [1.29, 1.82) is 0 Å². The van der Waals surface area contributed by atoms with Gasteiger partial charge in [-0.15, -0.1) is 0 Å². The normalized spacial score (nSPS) is 22.3. The van der Waals surface area contributed by atoms with Crippen LogP contribution in [0.3, 0.4) is 0 Å². The molecule has 3 heteroatoms. The maximum absolute atomic E-state index is 5.83. The lowest BCUT2D eigenvalue weighted by Crippen LogP contribution is -2.30. The van der Waals surface area contributed by atoms with Gasteiger partial charge in [-0.2, -0.15) is 0 Å². The second-order valence-electron chi connectivity index (χ2n) is 4.40. The van der Waals surface area contributed by atoms with Gasteiger partial charge >= 0.3 is 0 Å². The third-order valence-corrected chi connectivity index (χ3v) is 3.20. The molecular weight excluding hydrogens is 222 g/mol. The minimum atomic E-state index is 0.0496. The molecule has 1 aliphatic heterocycles. The zero-order valence-electron chi connectivity index (χ0n) is 9.95. The quantitative estimate of drug-likeness (QED) is 0.842. The van der Waals surface area contributed by atoms with Gasteiger partial charge in [-0.1, -0.05) is 60.7 Å². The minimum Gasteiger partial charge on any atom is -0.370 e. The van der Waals surface area contributed by atoms with E-state index in [1.54, 1.807) is 0 Å². The van der Waals surface area contributed by atoms with Crippen LogP contribution >= 0.6 is 0 Å². The molecule has 0 unspecified atom stereocenters. The molecule has 3 nitrogen and oxygen atoms in total. The number of nitrogens with zero attached hydrogens (tertiary/aromatic N) is 1. The molecule has 0 fully saturated rings. The number of nitrogens with one attached hydrogen (secondary N) is 1. The molecule has 2 aromatic carbocycles. The van der Waals surface area contributed by atoms with E-state index in [1.165, 1.54) is 11.1 Å². The van der Waals surface area contributed by atoms with E-state index in [4.69, 9.17) is 5.73 Å². The van der Waals surface area contributed by atoms with E-state index in [0.29, 0.717) is 5.96 Å². The van der Waals surface area contributed by atoms with Gasteiger partial charge in [0.2, 0.25) is 0 Å². The van der Waals surface area contributed by atoms with E-state index < -0.39 is 0 Å². The van der Waals surface area contributed by atoms with Crippen LogP contribution in [-0.4, -0.2) is 5.96 Å². The molecule has 2 atom stereocenters. The standard InChI is InChI=1S/C15H15N3/c16-15-17-13(11-7-3-1-4-8-11)14(18-15)12-9-5-2-6-10-12/h1-10,13-14H,(H3,16,17,18)/t13-,14-/m1/s1. The first-order chi connectivity index (χ1) is 8.84. The summed E-state index contributed by atoms with van der Waals surface area (Å²) in [5, 5.41) is 3.25. The Hall–Kier alpha value is -2.29. The lowest BCUT2D eigenvalue weighted by atomic mass is 9.95. The largest absolute Gasteiger partial charge is 0.370 e. The predicted molar refractivity (Wildman–Crippen MR) is 73.1 cm³/mol. The van der Waals surface area contributed by atoms with E-state index in [0.717, 1.165) is 0 Å². The Morgan fingerprint density at radius 2 is 1.39 bits per heavy atom. The summed E-state index contributed by atoms with van der Waals surface area (Å²) in [7, 11) is 0. The molecule has 0 spiro atoms. The van der Waals surface area contributed by atoms with Crippen LogP contribution in [0.15, 0.2) is 65.7 Å². The number of guanidine groups is 1. The maximum Gasteiger partial charge on any atom is 0.189 e. The van der Waals surface area contributed by atoms with Crippen LogP contribution in [0.4, 0.5) is 0 Å². The van der Waals surface area contributed by atoms with E-state index in [1.807, 2.05) is 36.4 Å². The highest BCUT2D eigenvalue weighted by Crippen LogP contribution is 2.34. The molecule has 18 heavy (non-hydrogen) atoms. The molecule has 0 saturated heterocycles. The Balaban J connectivity index is 1.97. The summed E-state index contributed by atoms with van der Waals surface area (Å²) in [5.41, 5.74) is 8.21. The molecule has 1 aliphatic rings. The van der Waals surface area contributed by atoms with Crippen molar-refractivity contribution in [3.05, 3.63) is 71.8 Å². The van der Waals surface area contributed by atoms with E-state index in [-0.39, 0.29) is 12.1 Å². The van der Waals surface area contributed by atoms with Gasteiger partial charge in [0.1, 0.15) is 6.04 Å². The zero-order chi connectivity index (χ0) is 12.4. The van der Waals surface area contributed by atoms with Crippen molar-refractivity contribution in [2.24, 2.45) is 10.7 Å². The monoisotopic (exact) mass is 237 g/mol. The Morgan fingerprint density at radius 1 is 0.833 bits per heavy atom. The van der Waals surface area contributed by atoms with Gasteiger partial charge < -0.3 is 11.1 Å². The van der Waals surface area contributed by atoms with Crippen LogP contribution in [-0.2, 0) is 0 Å². The first-order valence-electron chi connectivity index (χ1n) is 6.04. The Labute approximate surface area is 106 Å². The molecule has 0 aliphatic carbocycles. The summed E-state index contributed by atoms with van der Waals surface area (Å²) in [5.74, 6) is 0.512. The molecule has 90 valence electrons. The Kier molecular flexibility index (Phi) is 2.73. The minimum absolute atomic E-state index is 0.0496. The molecule has 0 saturated carbocycles. The van der Waals surface area contributed by atoms with Crippen LogP contribution < -0.4 is 11.1 Å². The predicted octanol–water partition coefficient (Wildman–Crippen LogP) is 2.39. The van der Waals surface area contributed by atoms with Gasteiger partial charge in [-0.05, 0) is 11.1 Å². The maximum atomic E-state index is 5.83. The van der Waals surface area contributed by atoms with Crippen LogP contribution in [0.1, 0.15) is 23.2 Å². The molecule has 3 rings (SSSR count). The molecule has 0 bridgehead atoms. The van der Waals surface area contributed by atoms with Gasteiger partial charge in [-0.3, -0.25) is 0 Å². The highest BCUT2D eigenvalue weighted by atomic mass is 15.2. The molecule has 1 heterocycles. The van der Waals surface area contributed by atoms with Crippen molar-refractivity contribution < 1.29 is 0 Å². The fourth-order valence-corrected chi connectivity index (χ4v) is 2.34. The summed E-state index contributed by atoms with van der Waals surface area (Å²) in [6, 6.07) is 20.7. The van der Waals surface area contributed by atoms with Crippen molar-refractivity contribution in [2.45, 2.75) is 12.1 Å². The highest BCUT2D eigenvalue weighted by Gasteiger charge is 2.29. The number of aliphatic imine (C=N–C) groups is 1. The van der Waals surface area contributed by atoms with Crippen LogP contribution in [0.25, 0.3) is 0 Å². The zero-order valence-corrected chi connectivity index (χ0v) is 9.95. The number of hydrogen-bond donors (Lipinski definition) is 2. The topological polar surface area (TPSA) is 50.4 Å². The van der Waals surface area contributed by atoms with Crippen molar-refractivity contribution in [3.8, 4) is 0 Å². The van der Waals surface area contributed by atoms with Crippen LogP contribution in [0, 0.1) is 0 Å². The second-order valence-corrected chi connectivity index (χ2v) is 4.40. The Bertz CT molecular complexity index is 548. The Morgan fingerprint density at radius 3 is 2.00 bits per heavy atom. The van der Waals surface area contributed by atoms with Crippen molar-refractivity contribution in [1.82, 2.24) is 5.32 Å². The SMILES string of the molecule is NC1=N[C@H](c2ccccc2)[C@@H](c2ccccc2)N1.